The smallest absolute Gasteiger partial charge is 0.339 e. The third kappa shape index (κ3) is 3.02. The van der Waals surface area contributed by atoms with Gasteiger partial charge in [-0.2, -0.15) is 8.42 Å². The second-order valence-corrected chi connectivity index (χ2v) is 6.39. The van der Waals surface area contributed by atoms with Crippen LogP contribution in [-0.2, 0) is 10.1 Å². The third-order valence-electron chi connectivity index (χ3n) is 3.30. The summed E-state index contributed by atoms with van der Waals surface area (Å²) in [5, 5.41) is 10.3. The quantitative estimate of drug-likeness (QED) is 0.743. The topological polar surface area (TPSA) is 80.7 Å². The summed E-state index contributed by atoms with van der Waals surface area (Å²) in [7, 11) is -4.12. The Morgan fingerprint density at radius 2 is 1.57 bits per heavy atom. The Morgan fingerprint density at radius 3 is 2.26 bits per heavy atom. The number of carboxylic acid groups (broad SMARTS) is 1. The molecule has 1 N–H and O–H groups in total. The molecule has 0 aliphatic carbocycles. The lowest BCUT2D eigenvalue weighted by molar-refractivity contribution is 0.0699. The van der Waals surface area contributed by atoms with Gasteiger partial charge < -0.3 is 9.29 Å². The van der Waals surface area contributed by atoms with Crippen molar-refractivity contribution >= 4 is 26.9 Å². The molecule has 3 aromatic carbocycles. The van der Waals surface area contributed by atoms with Gasteiger partial charge in [-0.3, -0.25) is 0 Å². The van der Waals surface area contributed by atoms with Gasteiger partial charge in [-0.1, -0.05) is 42.5 Å². The highest BCUT2D eigenvalue weighted by molar-refractivity contribution is 7.87. The van der Waals surface area contributed by atoms with Crippen LogP contribution >= 0.6 is 0 Å². The van der Waals surface area contributed by atoms with E-state index < -0.39 is 16.1 Å². The van der Waals surface area contributed by atoms with Crippen molar-refractivity contribution in [3.8, 4) is 5.75 Å². The number of carboxylic acids is 1. The summed E-state index contributed by atoms with van der Waals surface area (Å²) >= 11 is 0. The molecule has 0 amide bonds. The number of carbonyl (C=O) groups is 1. The largest absolute Gasteiger partial charge is 0.478 e. The molecule has 0 fully saturated rings. The number of rotatable bonds is 4. The molecule has 3 rings (SSSR count). The molecule has 5 nitrogen and oxygen atoms in total. The van der Waals surface area contributed by atoms with Crippen LogP contribution < -0.4 is 4.18 Å². The fourth-order valence-electron chi connectivity index (χ4n) is 2.26. The fourth-order valence-corrected chi connectivity index (χ4v) is 3.25. The zero-order valence-electron chi connectivity index (χ0n) is 11.8. The van der Waals surface area contributed by atoms with E-state index in [-0.39, 0.29) is 16.2 Å². The zero-order valence-corrected chi connectivity index (χ0v) is 12.7. The highest BCUT2D eigenvalue weighted by Crippen LogP contribution is 2.26. The minimum atomic E-state index is -4.12. The van der Waals surface area contributed by atoms with Gasteiger partial charge in [0, 0.05) is 0 Å². The van der Waals surface area contributed by atoms with Gasteiger partial charge in [-0.15, -0.1) is 0 Å². The lowest BCUT2D eigenvalue weighted by Crippen LogP contribution is -2.11. The Balaban J connectivity index is 2.14. The van der Waals surface area contributed by atoms with Gasteiger partial charge in [0.25, 0.3) is 0 Å². The molecule has 3 aromatic rings. The van der Waals surface area contributed by atoms with E-state index in [4.69, 9.17) is 4.18 Å². The summed E-state index contributed by atoms with van der Waals surface area (Å²) in [5.41, 5.74) is -0.0849. The van der Waals surface area contributed by atoms with Gasteiger partial charge in [0.05, 0.1) is 5.56 Å². The average Bonchev–Trinajstić information content (AvgIpc) is 2.54. The van der Waals surface area contributed by atoms with Crippen LogP contribution in [0.3, 0.4) is 0 Å². The van der Waals surface area contributed by atoms with Crippen molar-refractivity contribution in [2.24, 2.45) is 0 Å². The zero-order chi connectivity index (χ0) is 16.4. The molecule has 0 bridgehead atoms. The van der Waals surface area contributed by atoms with E-state index in [0.717, 1.165) is 6.07 Å². The van der Waals surface area contributed by atoms with Crippen LogP contribution in [0.15, 0.2) is 71.6 Å². The molecular weight excluding hydrogens is 316 g/mol. The van der Waals surface area contributed by atoms with Crippen LogP contribution in [0.2, 0.25) is 0 Å². The van der Waals surface area contributed by atoms with E-state index in [1.807, 2.05) is 0 Å². The maximum absolute atomic E-state index is 12.4. The summed E-state index contributed by atoms with van der Waals surface area (Å²) < 4.78 is 29.9. The maximum atomic E-state index is 12.4. The molecule has 0 unspecified atom stereocenters. The lowest BCUT2D eigenvalue weighted by Gasteiger charge is -2.10. The number of fused-ring (bicyclic) bond motifs is 1. The van der Waals surface area contributed by atoms with E-state index in [2.05, 4.69) is 0 Å². The van der Waals surface area contributed by atoms with Crippen molar-refractivity contribution in [1.29, 1.82) is 0 Å². The maximum Gasteiger partial charge on any atom is 0.339 e. The predicted octanol–water partition coefficient (Wildman–Crippen LogP) is 3.31. The van der Waals surface area contributed by atoms with Crippen LogP contribution in [-0.4, -0.2) is 19.5 Å². The van der Waals surface area contributed by atoms with Gasteiger partial charge in [0.2, 0.25) is 0 Å². The predicted molar refractivity (Wildman–Crippen MR) is 85.2 cm³/mol. The molecule has 0 heterocycles. The normalized spacial score (nSPS) is 11.3. The van der Waals surface area contributed by atoms with Gasteiger partial charge in [0.1, 0.15) is 10.6 Å². The minimum Gasteiger partial charge on any atom is -0.478 e. The van der Waals surface area contributed by atoms with Crippen LogP contribution in [0.5, 0.6) is 5.75 Å². The Morgan fingerprint density at radius 1 is 0.913 bits per heavy atom. The summed E-state index contributed by atoms with van der Waals surface area (Å²) in [5.74, 6) is -1.03. The average molecular weight is 328 g/mol. The van der Waals surface area contributed by atoms with E-state index in [1.54, 1.807) is 42.5 Å². The van der Waals surface area contributed by atoms with Crippen molar-refractivity contribution in [2.45, 2.75) is 4.90 Å². The molecular formula is C17H12O5S. The van der Waals surface area contributed by atoms with Crippen LogP contribution in [0.25, 0.3) is 10.8 Å². The number of para-hydroxylation sites is 1. The van der Waals surface area contributed by atoms with Crippen molar-refractivity contribution in [3.63, 3.8) is 0 Å². The standard InChI is InChI=1S/C17H12O5S/c18-17(19)16-11-14(10-12-6-4-5-9-15(12)16)23(20,21)22-13-7-2-1-3-8-13/h1-11H,(H,18,19). The van der Waals surface area contributed by atoms with Crippen LogP contribution in [0, 0.1) is 0 Å². The molecule has 0 radical (unpaired) electrons. The van der Waals surface area contributed by atoms with E-state index in [9.17, 15) is 18.3 Å². The Bertz CT molecular complexity index is 978. The SMILES string of the molecule is O=C(O)c1cc(S(=O)(=O)Oc2ccccc2)cc2ccccc12. The third-order valence-corrected chi connectivity index (χ3v) is 4.53. The molecule has 23 heavy (non-hydrogen) atoms. The molecule has 0 aromatic heterocycles. The fraction of sp³-hybridized carbons (Fsp3) is 0. The van der Waals surface area contributed by atoms with Gasteiger partial charge in [-0.05, 0) is 35.0 Å². The monoisotopic (exact) mass is 328 g/mol. The first-order valence-corrected chi connectivity index (χ1v) is 8.14. The summed E-state index contributed by atoms with van der Waals surface area (Å²) in [6, 6.07) is 17.3. The highest BCUT2D eigenvalue weighted by atomic mass is 32.2. The minimum absolute atomic E-state index is 0.0849. The second-order valence-electron chi connectivity index (χ2n) is 4.85. The lowest BCUT2D eigenvalue weighted by atomic mass is 10.0. The molecule has 0 saturated carbocycles. The molecule has 0 saturated heterocycles. The van der Waals surface area contributed by atoms with Gasteiger partial charge in [-0.25, -0.2) is 4.79 Å². The Labute approximate surface area is 132 Å². The first-order valence-electron chi connectivity index (χ1n) is 6.73. The Kier molecular flexibility index (Phi) is 3.75. The van der Waals surface area contributed by atoms with E-state index in [0.29, 0.717) is 10.8 Å². The van der Waals surface area contributed by atoms with E-state index >= 15 is 0 Å². The van der Waals surface area contributed by atoms with Crippen LogP contribution in [0.1, 0.15) is 10.4 Å². The molecule has 116 valence electrons. The number of hydrogen-bond acceptors (Lipinski definition) is 4. The second kappa shape index (κ2) is 5.73. The first kappa shape index (κ1) is 15.1. The van der Waals surface area contributed by atoms with Crippen molar-refractivity contribution in [2.75, 3.05) is 0 Å². The van der Waals surface area contributed by atoms with Crippen LogP contribution in [0.4, 0.5) is 0 Å². The summed E-state index contributed by atoms with van der Waals surface area (Å²) in [6.45, 7) is 0. The molecule has 6 heteroatoms. The Hall–Kier alpha value is -2.86. The van der Waals surface area contributed by atoms with Gasteiger partial charge in [0.15, 0.2) is 0 Å². The molecule has 0 aliphatic rings. The number of aromatic carboxylic acids is 1. The highest BCUT2D eigenvalue weighted by Gasteiger charge is 2.21. The molecule has 0 aliphatic heterocycles. The summed E-state index contributed by atoms with van der Waals surface area (Å²) in [4.78, 5) is 11.2. The first-order chi connectivity index (χ1) is 11.0. The molecule has 0 spiro atoms. The van der Waals surface area contributed by atoms with Crippen molar-refractivity contribution < 1.29 is 22.5 Å². The number of hydrogen-bond donors (Lipinski definition) is 1. The molecule has 0 atom stereocenters. The van der Waals surface area contributed by atoms with Crippen molar-refractivity contribution in [3.05, 3.63) is 72.3 Å². The van der Waals surface area contributed by atoms with E-state index in [1.165, 1.54) is 18.2 Å². The van der Waals surface area contributed by atoms with Gasteiger partial charge >= 0.3 is 16.1 Å². The number of benzene rings is 3. The summed E-state index contributed by atoms with van der Waals surface area (Å²) in [6.07, 6.45) is 0. The van der Waals surface area contributed by atoms with Crippen molar-refractivity contribution in [1.82, 2.24) is 0 Å².